The highest BCUT2D eigenvalue weighted by Crippen LogP contribution is 2.40. The van der Waals surface area contributed by atoms with E-state index in [4.69, 9.17) is 9.84 Å². The minimum absolute atomic E-state index is 0.166. The van der Waals surface area contributed by atoms with Gasteiger partial charge in [0.25, 0.3) is 0 Å². The monoisotopic (exact) mass is 218 g/mol. The molecule has 0 unspecified atom stereocenters. The van der Waals surface area contributed by atoms with Crippen LogP contribution < -0.4 is 0 Å². The summed E-state index contributed by atoms with van der Waals surface area (Å²) in [5.41, 5.74) is -0.226. The molecule has 1 aliphatic heterocycles. The van der Waals surface area contributed by atoms with Crippen LogP contribution in [0.15, 0.2) is 24.3 Å². The van der Waals surface area contributed by atoms with Crippen LogP contribution in [0.1, 0.15) is 17.2 Å². The summed E-state index contributed by atoms with van der Waals surface area (Å²) in [4.78, 5) is 0. The van der Waals surface area contributed by atoms with Gasteiger partial charge in [0, 0.05) is 0 Å². The summed E-state index contributed by atoms with van der Waals surface area (Å²) < 4.78 is 42.0. The molecule has 2 nitrogen and oxygen atoms in total. The predicted octanol–water partition coefficient (Wildman–Crippen LogP) is 2.14. The first-order valence-electron chi connectivity index (χ1n) is 4.46. The number of epoxide rings is 1. The van der Waals surface area contributed by atoms with E-state index < -0.39 is 17.8 Å². The Morgan fingerprint density at radius 3 is 2.60 bits per heavy atom. The molecule has 0 amide bonds. The highest BCUT2D eigenvalue weighted by atomic mass is 19.4. The van der Waals surface area contributed by atoms with E-state index in [2.05, 4.69) is 0 Å². The molecule has 1 N–H and O–H groups in total. The molecular weight excluding hydrogens is 209 g/mol. The zero-order valence-corrected chi connectivity index (χ0v) is 7.66. The number of hydrogen-bond donors (Lipinski definition) is 1. The minimum Gasteiger partial charge on any atom is -0.394 e. The lowest BCUT2D eigenvalue weighted by Gasteiger charge is -2.07. The van der Waals surface area contributed by atoms with Crippen LogP contribution >= 0.6 is 0 Å². The number of benzene rings is 1. The Hall–Kier alpha value is -1.07. The first-order chi connectivity index (χ1) is 7.02. The van der Waals surface area contributed by atoms with Crippen molar-refractivity contribution in [2.24, 2.45) is 0 Å². The maximum absolute atomic E-state index is 12.3. The number of aliphatic hydroxyl groups excluding tert-OH is 1. The van der Waals surface area contributed by atoms with E-state index in [0.717, 1.165) is 12.1 Å². The molecule has 1 heterocycles. The SMILES string of the molecule is OC[C@@H]1O[C@H]1c1cccc(C(F)(F)F)c1. The van der Waals surface area contributed by atoms with Gasteiger partial charge in [-0.15, -0.1) is 0 Å². The molecule has 82 valence electrons. The molecule has 1 fully saturated rings. The van der Waals surface area contributed by atoms with Crippen molar-refractivity contribution < 1.29 is 23.0 Å². The topological polar surface area (TPSA) is 32.8 Å². The van der Waals surface area contributed by atoms with E-state index >= 15 is 0 Å². The molecule has 1 saturated heterocycles. The highest BCUT2D eigenvalue weighted by molar-refractivity contribution is 5.29. The minimum atomic E-state index is -4.33. The lowest BCUT2D eigenvalue weighted by Crippen LogP contribution is -2.05. The van der Waals surface area contributed by atoms with Crippen LogP contribution in [-0.2, 0) is 10.9 Å². The third-order valence-electron chi connectivity index (χ3n) is 2.30. The van der Waals surface area contributed by atoms with Gasteiger partial charge in [-0.1, -0.05) is 12.1 Å². The lowest BCUT2D eigenvalue weighted by atomic mass is 10.1. The van der Waals surface area contributed by atoms with Crippen molar-refractivity contribution in [2.75, 3.05) is 6.61 Å². The summed E-state index contributed by atoms with van der Waals surface area (Å²) in [7, 11) is 0. The quantitative estimate of drug-likeness (QED) is 0.771. The second-order valence-corrected chi connectivity index (χ2v) is 3.40. The number of alkyl halides is 3. The van der Waals surface area contributed by atoms with E-state index in [1.54, 1.807) is 6.07 Å². The highest BCUT2D eigenvalue weighted by Gasteiger charge is 2.40. The van der Waals surface area contributed by atoms with Gasteiger partial charge in [0.05, 0.1) is 12.2 Å². The summed E-state index contributed by atoms with van der Waals surface area (Å²) in [5.74, 6) is 0. The van der Waals surface area contributed by atoms with Crippen LogP contribution in [-0.4, -0.2) is 17.8 Å². The Kier molecular flexibility index (Phi) is 2.44. The summed E-state index contributed by atoms with van der Waals surface area (Å²) >= 11 is 0. The third kappa shape index (κ3) is 2.13. The first kappa shape index (κ1) is 10.4. The fourth-order valence-corrected chi connectivity index (χ4v) is 1.47. The number of hydrogen-bond acceptors (Lipinski definition) is 2. The van der Waals surface area contributed by atoms with Crippen LogP contribution in [0.4, 0.5) is 13.2 Å². The number of halogens is 3. The fraction of sp³-hybridized carbons (Fsp3) is 0.400. The fourth-order valence-electron chi connectivity index (χ4n) is 1.47. The molecule has 1 aromatic rings. The Morgan fingerprint density at radius 1 is 1.33 bits per heavy atom. The van der Waals surface area contributed by atoms with Crippen molar-refractivity contribution in [3.8, 4) is 0 Å². The van der Waals surface area contributed by atoms with Crippen LogP contribution in [0.3, 0.4) is 0 Å². The molecule has 0 bridgehead atoms. The summed E-state index contributed by atoms with van der Waals surface area (Å²) in [6, 6.07) is 4.98. The average molecular weight is 218 g/mol. The molecule has 15 heavy (non-hydrogen) atoms. The molecule has 0 spiro atoms. The Labute approximate surface area is 84.3 Å². The second kappa shape index (κ2) is 3.50. The number of ether oxygens (including phenoxy) is 1. The van der Waals surface area contributed by atoms with Crippen LogP contribution in [0.5, 0.6) is 0 Å². The number of rotatable bonds is 2. The first-order valence-corrected chi connectivity index (χ1v) is 4.46. The molecule has 0 aliphatic carbocycles. The molecule has 0 radical (unpaired) electrons. The van der Waals surface area contributed by atoms with Crippen molar-refractivity contribution in [1.29, 1.82) is 0 Å². The van der Waals surface area contributed by atoms with Gasteiger partial charge >= 0.3 is 6.18 Å². The molecular formula is C10H9F3O2. The molecule has 0 saturated carbocycles. The molecule has 0 aromatic heterocycles. The molecule has 1 aliphatic rings. The van der Waals surface area contributed by atoms with Crippen molar-refractivity contribution in [3.63, 3.8) is 0 Å². The van der Waals surface area contributed by atoms with Gasteiger partial charge in [-0.05, 0) is 17.7 Å². The average Bonchev–Trinajstić information content (AvgIpc) is 2.95. The van der Waals surface area contributed by atoms with Crippen molar-refractivity contribution in [3.05, 3.63) is 35.4 Å². The maximum Gasteiger partial charge on any atom is 0.416 e. The van der Waals surface area contributed by atoms with Crippen LogP contribution in [0, 0.1) is 0 Å². The van der Waals surface area contributed by atoms with Crippen molar-refractivity contribution in [2.45, 2.75) is 18.4 Å². The van der Waals surface area contributed by atoms with Crippen molar-refractivity contribution in [1.82, 2.24) is 0 Å². The zero-order valence-electron chi connectivity index (χ0n) is 7.66. The van der Waals surface area contributed by atoms with Gasteiger partial charge in [0.15, 0.2) is 0 Å². The van der Waals surface area contributed by atoms with Crippen molar-refractivity contribution >= 4 is 0 Å². The van der Waals surface area contributed by atoms with E-state index in [0.29, 0.717) is 5.56 Å². The van der Waals surface area contributed by atoms with Crippen LogP contribution in [0.2, 0.25) is 0 Å². The Bertz CT molecular complexity index is 362. The third-order valence-corrected chi connectivity index (χ3v) is 2.30. The van der Waals surface area contributed by atoms with E-state index in [9.17, 15) is 13.2 Å². The molecule has 2 rings (SSSR count). The van der Waals surface area contributed by atoms with E-state index in [-0.39, 0.29) is 12.7 Å². The van der Waals surface area contributed by atoms with E-state index in [1.807, 2.05) is 0 Å². The molecule has 2 atom stereocenters. The predicted molar refractivity (Wildman–Crippen MR) is 46.1 cm³/mol. The second-order valence-electron chi connectivity index (χ2n) is 3.40. The van der Waals surface area contributed by atoms with Gasteiger partial charge in [-0.3, -0.25) is 0 Å². The molecule has 5 heteroatoms. The van der Waals surface area contributed by atoms with E-state index in [1.165, 1.54) is 6.07 Å². The lowest BCUT2D eigenvalue weighted by molar-refractivity contribution is -0.137. The van der Waals surface area contributed by atoms with Crippen LogP contribution in [0.25, 0.3) is 0 Å². The Morgan fingerprint density at radius 2 is 2.07 bits per heavy atom. The normalized spacial score (nSPS) is 25.3. The number of aliphatic hydroxyl groups is 1. The van der Waals surface area contributed by atoms with Gasteiger partial charge in [0.1, 0.15) is 12.2 Å². The van der Waals surface area contributed by atoms with Gasteiger partial charge in [-0.25, -0.2) is 0 Å². The Balaban J connectivity index is 2.21. The zero-order chi connectivity index (χ0) is 11.1. The maximum atomic E-state index is 12.3. The molecule has 1 aromatic carbocycles. The summed E-state index contributed by atoms with van der Waals surface area (Å²) in [5, 5.41) is 8.72. The summed E-state index contributed by atoms with van der Waals surface area (Å²) in [6.07, 6.45) is -5.08. The summed E-state index contributed by atoms with van der Waals surface area (Å²) in [6.45, 7) is -0.166. The van der Waals surface area contributed by atoms with Gasteiger partial charge in [0.2, 0.25) is 0 Å². The van der Waals surface area contributed by atoms with Gasteiger partial charge in [-0.2, -0.15) is 13.2 Å². The van der Waals surface area contributed by atoms with Gasteiger partial charge < -0.3 is 9.84 Å². The smallest absolute Gasteiger partial charge is 0.394 e. The largest absolute Gasteiger partial charge is 0.416 e. The standard InChI is InChI=1S/C10H9F3O2/c11-10(12,13)7-3-1-2-6(4-7)9-8(5-14)15-9/h1-4,8-9,14H,5H2/t8-,9-/m0/s1.